The molecule has 0 spiro atoms. The van der Waals surface area contributed by atoms with Gasteiger partial charge in [0.15, 0.2) is 0 Å². The van der Waals surface area contributed by atoms with E-state index in [4.69, 9.17) is 0 Å². The molecule has 1 aliphatic carbocycles. The van der Waals surface area contributed by atoms with Crippen LogP contribution in [0.25, 0.3) is 0 Å². The molecule has 1 aromatic rings. The molecular formula is C17H28N4. The Morgan fingerprint density at radius 1 is 0.905 bits per heavy atom. The van der Waals surface area contributed by atoms with Gasteiger partial charge in [0.2, 0.25) is 0 Å². The number of fused-ring (bicyclic) bond motifs is 1. The first kappa shape index (κ1) is 14.8. The molecule has 3 rings (SSSR count). The fraction of sp³-hybridized carbons (Fsp3) is 0.765. The minimum absolute atomic E-state index is 1.00. The number of rotatable bonds is 4. The van der Waals surface area contributed by atoms with Crippen molar-refractivity contribution in [2.24, 2.45) is 0 Å². The third-order valence-electron chi connectivity index (χ3n) is 4.79. The van der Waals surface area contributed by atoms with E-state index in [1.807, 2.05) is 0 Å². The average Bonchev–Trinajstić information content (AvgIpc) is 2.90. The molecular weight excluding hydrogens is 260 g/mol. The average molecular weight is 288 g/mol. The van der Waals surface area contributed by atoms with Crippen LogP contribution in [0, 0.1) is 0 Å². The SMILES string of the molecule is c1nc2c(c(NCCN3CCCCCC3)n1)CCCCC2. The monoisotopic (exact) mass is 288 g/mol. The number of anilines is 1. The van der Waals surface area contributed by atoms with Crippen LogP contribution in [-0.4, -0.2) is 41.0 Å². The van der Waals surface area contributed by atoms with Gasteiger partial charge in [0.1, 0.15) is 12.1 Å². The van der Waals surface area contributed by atoms with Crippen molar-refractivity contribution in [3.8, 4) is 0 Å². The summed E-state index contributed by atoms with van der Waals surface area (Å²) >= 11 is 0. The molecule has 1 saturated heterocycles. The lowest BCUT2D eigenvalue weighted by Gasteiger charge is -2.20. The molecule has 0 saturated carbocycles. The number of hydrogen-bond donors (Lipinski definition) is 1. The predicted octanol–water partition coefficient (Wildman–Crippen LogP) is 3.03. The number of aromatic nitrogens is 2. The largest absolute Gasteiger partial charge is 0.368 e. The molecule has 0 radical (unpaired) electrons. The standard InChI is InChI=1S/C17H28N4/c1-2-7-12-21(11-6-1)13-10-18-17-15-8-4-3-5-9-16(15)19-14-20-17/h14H,1-13H2,(H,18,19,20). The molecule has 0 aromatic carbocycles. The van der Waals surface area contributed by atoms with E-state index in [2.05, 4.69) is 20.2 Å². The van der Waals surface area contributed by atoms with Crippen LogP contribution < -0.4 is 5.32 Å². The molecule has 1 N–H and O–H groups in total. The first-order chi connectivity index (χ1) is 10.4. The molecule has 21 heavy (non-hydrogen) atoms. The van der Waals surface area contributed by atoms with Gasteiger partial charge in [-0.05, 0) is 51.6 Å². The third-order valence-corrected chi connectivity index (χ3v) is 4.79. The van der Waals surface area contributed by atoms with Crippen LogP contribution in [0.2, 0.25) is 0 Å². The smallest absolute Gasteiger partial charge is 0.132 e. The number of likely N-dealkylation sites (tertiary alicyclic amines) is 1. The van der Waals surface area contributed by atoms with Crippen LogP contribution in [0.3, 0.4) is 0 Å². The maximum Gasteiger partial charge on any atom is 0.132 e. The van der Waals surface area contributed by atoms with Crippen molar-refractivity contribution in [1.29, 1.82) is 0 Å². The Hall–Kier alpha value is -1.16. The number of nitrogens with zero attached hydrogens (tertiary/aromatic N) is 3. The zero-order valence-electron chi connectivity index (χ0n) is 13.1. The Kier molecular flexibility index (Phi) is 5.44. The van der Waals surface area contributed by atoms with Crippen molar-refractivity contribution >= 4 is 5.82 Å². The molecule has 0 atom stereocenters. The molecule has 1 aromatic heterocycles. The molecule has 1 fully saturated rings. The van der Waals surface area contributed by atoms with Crippen LogP contribution in [0.4, 0.5) is 5.82 Å². The topological polar surface area (TPSA) is 41.1 Å². The van der Waals surface area contributed by atoms with Crippen molar-refractivity contribution in [2.75, 3.05) is 31.5 Å². The summed E-state index contributed by atoms with van der Waals surface area (Å²) < 4.78 is 0. The Morgan fingerprint density at radius 3 is 2.52 bits per heavy atom. The highest BCUT2D eigenvalue weighted by Gasteiger charge is 2.14. The van der Waals surface area contributed by atoms with Gasteiger partial charge < -0.3 is 10.2 Å². The summed E-state index contributed by atoms with van der Waals surface area (Å²) in [5, 5.41) is 3.58. The first-order valence-corrected chi connectivity index (χ1v) is 8.72. The number of hydrogen-bond acceptors (Lipinski definition) is 4. The Morgan fingerprint density at radius 2 is 1.67 bits per heavy atom. The minimum Gasteiger partial charge on any atom is -0.368 e. The molecule has 116 valence electrons. The Balaban J connectivity index is 1.55. The van der Waals surface area contributed by atoms with Gasteiger partial charge in [-0.1, -0.05) is 19.3 Å². The first-order valence-electron chi connectivity index (χ1n) is 8.72. The Bertz CT molecular complexity index is 438. The van der Waals surface area contributed by atoms with Crippen molar-refractivity contribution in [2.45, 2.75) is 57.8 Å². The molecule has 0 bridgehead atoms. The van der Waals surface area contributed by atoms with E-state index in [9.17, 15) is 0 Å². The summed E-state index contributed by atoms with van der Waals surface area (Å²) in [6.45, 7) is 4.68. The number of aryl methyl sites for hydroxylation is 1. The van der Waals surface area contributed by atoms with E-state index in [0.717, 1.165) is 31.7 Å². The zero-order chi connectivity index (χ0) is 14.3. The van der Waals surface area contributed by atoms with Gasteiger partial charge in [-0.25, -0.2) is 9.97 Å². The maximum atomic E-state index is 4.49. The van der Waals surface area contributed by atoms with Crippen molar-refractivity contribution in [3.05, 3.63) is 17.6 Å². The van der Waals surface area contributed by atoms with Gasteiger partial charge in [-0.2, -0.15) is 0 Å². The van der Waals surface area contributed by atoms with Gasteiger partial charge in [0.05, 0.1) is 0 Å². The third kappa shape index (κ3) is 4.16. The lowest BCUT2D eigenvalue weighted by molar-refractivity contribution is 0.296. The Labute approximate surface area is 128 Å². The van der Waals surface area contributed by atoms with Gasteiger partial charge in [-0.3, -0.25) is 0 Å². The summed E-state index contributed by atoms with van der Waals surface area (Å²) in [5.41, 5.74) is 2.66. The van der Waals surface area contributed by atoms with E-state index >= 15 is 0 Å². The van der Waals surface area contributed by atoms with Crippen LogP contribution in [0.15, 0.2) is 6.33 Å². The molecule has 0 amide bonds. The van der Waals surface area contributed by atoms with Gasteiger partial charge in [-0.15, -0.1) is 0 Å². The summed E-state index contributed by atoms with van der Waals surface area (Å²) in [4.78, 5) is 11.6. The van der Waals surface area contributed by atoms with Gasteiger partial charge >= 0.3 is 0 Å². The summed E-state index contributed by atoms with van der Waals surface area (Å²) in [5.74, 6) is 1.09. The summed E-state index contributed by atoms with van der Waals surface area (Å²) in [6.07, 6.45) is 13.4. The highest BCUT2D eigenvalue weighted by atomic mass is 15.1. The van der Waals surface area contributed by atoms with Crippen LogP contribution in [0.5, 0.6) is 0 Å². The second-order valence-electron chi connectivity index (χ2n) is 6.39. The molecule has 2 aliphatic rings. The maximum absolute atomic E-state index is 4.49. The minimum atomic E-state index is 1.00. The van der Waals surface area contributed by atoms with Crippen LogP contribution in [0.1, 0.15) is 56.2 Å². The van der Waals surface area contributed by atoms with E-state index in [1.54, 1.807) is 6.33 Å². The van der Waals surface area contributed by atoms with Crippen molar-refractivity contribution in [1.82, 2.24) is 14.9 Å². The summed E-state index contributed by atoms with van der Waals surface area (Å²) in [6, 6.07) is 0. The number of nitrogens with one attached hydrogen (secondary N) is 1. The molecule has 0 unspecified atom stereocenters. The van der Waals surface area contributed by atoms with E-state index in [0.29, 0.717) is 0 Å². The molecule has 1 aliphatic heterocycles. The molecule has 4 nitrogen and oxygen atoms in total. The lowest BCUT2D eigenvalue weighted by atomic mass is 10.1. The fourth-order valence-electron chi connectivity index (χ4n) is 3.54. The normalized spacial score (nSPS) is 20.4. The van der Waals surface area contributed by atoms with E-state index in [1.165, 1.54) is 69.3 Å². The van der Waals surface area contributed by atoms with Crippen molar-refractivity contribution < 1.29 is 0 Å². The van der Waals surface area contributed by atoms with E-state index in [-0.39, 0.29) is 0 Å². The highest BCUT2D eigenvalue weighted by Crippen LogP contribution is 2.23. The highest BCUT2D eigenvalue weighted by molar-refractivity contribution is 5.46. The molecule has 4 heteroatoms. The zero-order valence-corrected chi connectivity index (χ0v) is 13.1. The van der Waals surface area contributed by atoms with Crippen molar-refractivity contribution in [3.63, 3.8) is 0 Å². The lowest BCUT2D eigenvalue weighted by Crippen LogP contribution is -2.30. The van der Waals surface area contributed by atoms with Crippen LogP contribution >= 0.6 is 0 Å². The quantitative estimate of drug-likeness (QED) is 0.865. The van der Waals surface area contributed by atoms with E-state index < -0.39 is 0 Å². The summed E-state index contributed by atoms with van der Waals surface area (Å²) in [7, 11) is 0. The molecule has 2 heterocycles. The van der Waals surface area contributed by atoms with Gasteiger partial charge in [0.25, 0.3) is 0 Å². The fourth-order valence-corrected chi connectivity index (χ4v) is 3.54. The second-order valence-corrected chi connectivity index (χ2v) is 6.39. The van der Waals surface area contributed by atoms with Gasteiger partial charge in [0, 0.05) is 24.3 Å². The predicted molar refractivity (Wildman–Crippen MR) is 86.7 cm³/mol. The second kappa shape index (κ2) is 7.74. The van der Waals surface area contributed by atoms with Crippen LogP contribution in [-0.2, 0) is 12.8 Å².